The summed E-state index contributed by atoms with van der Waals surface area (Å²) in [5.74, 6) is 0.570. The number of rotatable bonds is 4. The van der Waals surface area contributed by atoms with Crippen LogP contribution in [0.4, 0.5) is 5.82 Å². The van der Waals surface area contributed by atoms with Crippen molar-refractivity contribution in [2.24, 2.45) is 13.0 Å². The van der Waals surface area contributed by atoms with Crippen LogP contribution in [-0.2, 0) is 13.6 Å². The number of nitro groups is 1. The predicted octanol–water partition coefficient (Wildman–Crippen LogP) is 0.786. The molecule has 0 saturated carbocycles. The highest BCUT2D eigenvalue weighted by Gasteiger charge is 2.33. The molecule has 0 bridgehead atoms. The van der Waals surface area contributed by atoms with Crippen molar-refractivity contribution < 1.29 is 4.92 Å². The largest absolute Gasteiger partial charge is 0.386 e. The van der Waals surface area contributed by atoms with Gasteiger partial charge in [0.05, 0.1) is 0 Å². The van der Waals surface area contributed by atoms with Gasteiger partial charge in [-0.15, -0.1) is 0 Å². The molecule has 1 aromatic rings. The van der Waals surface area contributed by atoms with Crippen molar-refractivity contribution >= 4 is 5.82 Å². The summed E-state index contributed by atoms with van der Waals surface area (Å²) in [7, 11) is 4.01. The fraction of sp³-hybridized carbons (Fsp3) is 0.812. The summed E-state index contributed by atoms with van der Waals surface area (Å²) in [5.41, 5.74) is 0.699. The van der Waals surface area contributed by atoms with Crippen LogP contribution >= 0.6 is 0 Å². The minimum absolute atomic E-state index is 0.00801. The van der Waals surface area contributed by atoms with Crippen LogP contribution in [0.2, 0.25) is 0 Å². The number of nitrogens with zero attached hydrogens (tertiary/aromatic N) is 6. The molecule has 0 aromatic carbocycles. The highest BCUT2D eigenvalue weighted by molar-refractivity contribution is 5.26. The molecule has 2 aliphatic rings. The minimum atomic E-state index is -0.379. The molecule has 0 amide bonds. The van der Waals surface area contributed by atoms with Gasteiger partial charge in [0.1, 0.15) is 5.69 Å². The van der Waals surface area contributed by atoms with Gasteiger partial charge in [0.2, 0.25) is 6.33 Å². The van der Waals surface area contributed by atoms with Gasteiger partial charge >= 0.3 is 5.82 Å². The van der Waals surface area contributed by atoms with Gasteiger partial charge in [-0.05, 0) is 29.3 Å². The molecule has 3 heterocycles. The lowest BCUT2D eigenvalue weighted by Gasteiger charge is -2.45. The number of hydrogen-bond acceptors (Lipinski definition) is 6. The van der Waals surface area contributed by atoms with Gasteiger partial charge in [0, 0.05) is 58.9 Å². The molecule has 1 aromatic heterocycles. The van der Waals surface area contributed by atoms with E-state index in [9.17, 15) is 10.1 Å². The molecular formula is C16H28N6O2. The van der Waals surface area contributed by atoms with E-state index in [1.54, 1.807) is 4.57 Å². The molecule has 134 valence electrons. The van der Waals surface area contributed by atoms with Crippen molar-refractivity contribution in [3.63, 3.8) is 0 Å². The van der Waals surface area contributed by atoms with E-state index < -0.39 is 0 Å². The van der Waals surface area contributed by atoms with Gasteiger partial charge in [-0.1, -0.05) is 6.92 Å². The quantitative estimate of drug-likeness (QED) is 0.598. The minimum Gasteiger partial charge on any atom is -0.358 e. The zero-order valence-electron chi connectivity index (χ0n) is 14.9. The Hall–Kier alpha value is -1.51. The molecule has 8 heteroatoms. The van der Waals surface area contributed by atoms with E-state index in [0.717, 1.165) is 45.7 Å². The Morgan fingerprint density at radius 1 is 1.25 bits per heavy atom. The van der Waals surface area contributed by atoms with Gasteiger partial charge < -0.3 is 19.6 Å². The summed E-state index contributed by atoms with van der Waals surface area (Å²) in [5, 5.41) is 11.1. The maximum absolute atomic E-state index is 11.1. The number of aromatic nitrogens is 2. The molecule has 0 N–H and O–H groups in total. The average molecular weight is 336 g/mol. The molecule has 24 heavy (non-hydrogen) atoms. The Morgan fingerprint density at radius 2 is 1.96 bits per heavy atom. The molecule has 2 saturated heterocycles. The van der Waals surface area contributed by atoms with Gasteiger partial charge in [0.15, 0.2) is 0 Å². The molecule has 8 nitrogen and oxygen atoms in total. The van der Waals surface area contributed by atoms with Crippen LogP contribution in [-0.4, -0.2) is 81.5 Å². The molecule has 2 atom stereocenters. The normalized spacial score (nSPS) is 27.5. The first-order chi connectivity index (χ1) is 11.5. The van der Waals surface area contributed by atoms with Crippen molar-refractivity contribution in [1.29, 1.82) is 0 Å². The van der Waals surface area contributed by atoms with Crippen LogP contribution in [0.25, 0.3) is 0 Å². The Morgan fingerprint density at radius 3 is 2.58 bits per heavy atom. The van der Waals surface area contributed by atoms with Crippen molar-refractivity contribution in [1.82, 2.24) is 24.3 Å². The molecule has 2 unspecified atom stereocenters. The topological polar surface area (TPSA) is 70.7 Å². The number of aryl methyl sites for hydroxylation is 1. The summed E-state index contributed by atoms with van der Waals surface area (Å²) >= 11 is 0. The third-order valence-electron chi connectivity index (χ3n) is 5.53. The lowest BCUT2D eigenvalue weighted by Crippen LogP contribution is -2.55. The summed E-state index contributed by atoms with van der Waals surface area (Å²) in [6.45, 7) is 9.49. The number of piperazine rings is 1. The Bertz CT molecular complexity index is 581. The van der Waals surface area contributed by atoms with E-state index in [1.807, 2.05) is 7.05 Å². The number of imidazole rings is 1. The van der Waals surface area contributed by atoms with Crippen LogP contribution in [0.5, 0.6) is 0 Å². The smallest absolute Gasteiger partial charge is 0.358 e. The molecule has 0 aliphatic carbocycles. The van der Waals surface area contributed by atoms with Crippen molar-refractivity contribution in [3.8, 4) is 0 Å². The Balaban J connectivity index is 1.60. The monoisotopic (exact) mass is 336 g/mol. The first-order valence-electron chi connectivity index (χ1n) is 8.75. The van der Waals surface area contributed by atoms with Crippen LogP contribution < -0.4 is 0 Å². The fourth-order valence-electron chi connectivity index (χ4n) is 4.05. The molecule has 0 radical (unpaired) electrons. The molecule has 2 fully saturated rings. The first-order valence-corrected chi connectivity index (χ1v) is 8.75. The number of likely N-dealkylation sites (tertiary alicyclic amines) is 1. The second-order valence-electron chi connectivity index (χ2n) is 7.29. The summed E-state index contributed by atoms with van der Waals surface area (Å²) in [6.07, 6.45) is 2.67. The van der Waals surface area contributed by atoms with E-state index in [1.165, 1.54) is 6.33 Å². The van der Waals surface area contributed by atoms with Crippen LogP contribution in [0.1, 0.15) is 19.0 Å². The Labute approximate surface area is 143 Å². The fourth-order valence-corrected chi connectivity index (χ4v) is 4.05. The van der Waals surface area contributed by atoms with Gasteiger partial charge in [-0.2, -0.15) is 0 Å². The molecule has 2 aliphatic heterocycles. The van der Waals surface area contributed by atoms with Crippen LogP contribution in [0.15, 0.2) is 6.33 Å². The number of hydrogen-bond donors (Lipinski definition) is 0. The highest BCUT2D eigenvalue weighted by Crippen LogP contribution is 2.26. The zero-order valence-corrected chi connectivity index (χ0v) is 14.9. The van der Waals surface area contributed by atoms with Gasteiger partial charge in [0.25, 0.3) is 0 Å². The lowest BCUT2D eigenvalue weighted by atomic mass is 9.91. The molecular weight excluding hydrogens is 308 g/mol. The molecule has 3 rings (SSSR count). The van der Waals surface area contributed by atoms with Crippen molar-refractivity contribution in [2.75, 3.05) is 46.3 Å². The lowest BCUT2D eigenvalue weighted by molar-refractivity contribution is -0.390. The summed E-state index contributed by atoms with van der Waals surface area (Å²) < 4.78 is 1.77. The van der Waals surface area contributed by atoms with Crippen molar-refractivity contribution in [3.05, 3.63) is 22.1 Å². The van der Waals surface area contributed by atoms with Gasteiger partial charge in [-0.25, -0.2) is 0 Å². The second kappa shape index (κ2) is 7.16. The van der Waals surface area contributed by atoms with Crippen LogP contribution in [0.3, 0.4) is 0 Å². The first kappa shape index (κ1) is 17.3. The average Bonchev–Trinajstić information content (AvgIpc) is 2.90. The summed E-state index contributed by atoms with van der Waals surface area (Å²) in [6, 6.07) is 0.636. The third kappa shape index (κ3) is 3.60. The van der Waals surface area contributed by atoms with Crippen molar-refractivity contribution in [2.45, 2.75) is 25.9 Å². The van der Waals surface area contributed by atoms with E-state index >= 15 is 0 Å². The SMILES string of the molecule is CC1CN(Cc2c([N+](=O)[O-])ncn2C)CCC1N1CCN(C)CC1. The van der Waals surface area contributed by atoms with E-state index in [-0.39, 0.29) is 10.7 Å². The van der Waals surface area contributed by atoms with E-state index in [0.29, 0.717) is 24.2 Å². The van der Waals surface area contributed by atoms with Crippen LogP contribution in [0, 0.1) is 16.0 Å². The van der Waals surface area contributed by atoms with Gasteiger partial charge in [-0.3, -0.25) is 9.80 Å². The Kier molecular flexibility index (Phi) is 5.17. The number of likely N-dealkylation sites (N-methyl/N-ethyl adjacent to an activating group) is 1. The number of piperidine rings is 1. The summed E-state index contributed by atoms with van der Waals surface area (Å²) in [4.78, 5) is 22.0. The highest BCUT2D eigenvalue weighted by atomic mass is 16.6. The maximum Gasteiger partial charge on any atom is 0.386 e. The third-order valence-corrected chi connectivity index (χ3v) is 5.53. The predicted molar refractivity (Wildman–Crippen MR) is 91.8 cm³/mol. The van der Waals surface area contributed by atoms with E-state index in [4.69, 9.17) is 0 Å². The molecule has 0 spiro atoms. The maximum atomic E-state index is 11.1. The zero-order chi connectivity index (χ0) is 17.3. The standard InChI is InChI=1S/C16H28N6O2/c1-13-10-20(11-15-16(22(23)24)17-12-19(15)3)5-4-14(13)21-8-6-18(2)7-9-21/h12-14H,4-11H2,1-3H3. The van der Waals surface area contributed by atoms with E-state index in [2.05, 4.69) is 33.7 Å². The second-order valence-corrected chi connectivity index (χ2v) is 7.29.